The lowest BCUT2D eigenvalue weighted by Gasteiger charge is -2.08. The molecule has 3 N–H and O–H groups in total. The van der Waals surface area contributed by atoms with Crippen LogP contribution in [0.15, 0.2) is 39.4 Å². The Kier molecular flexibility index (Phi) is 6.23. The van der Waals surface area contributed by atoms with Crippen molar-refractivity contribution >= 4 is 39.3 Å². The molecule has 1 aromatic heterocycles. The Balaban J connectivity index is 1.72. The zero-order valence-corrected chi connectivity index (χ0v) is 14.2. The number of halogens is 3. The third-order valence-electron chi connectivity index (χ3n) is 2.86. The van der Waals surface area contributed by atoms with Crippen molar-refractivity contribution in [2.45, 2.75) is 0 Å². The van der Waals surface area contributed by atoms with E-state index >= 15 is 0 Å². The van der Waals surface area contributed by atoms with Gasteiger partial charge in [0, 0.05) is 11.8 Å². The third-order valence-corrected chi connectivity index (χ3v) is 3.28. The number of carbonyl (C=O) groups is 3. The number of anilines is 1. The van der Waals surface area contributed by atoms with Gasteiger partial charge in [-0.25, -0.2) is 8.78 Å². The largest absolute Gasteiger partial charge is 0.444 e. The number of nitrogens with one attached hydrogen (secondary N) is 3. The summed E-state index contributed by atoms with van der Waals surface area (Å²) in [5.74, 6) is -3.96. The minimum absolute atomic E-state index is 0.0238. The van der Waals surface area contributed by atoms with Gasteiger partial charge >= 0.3 is 0 Å². The molecule has 1 heterocycles. The van der Waals surface area contributed by atoms with Gasteiger partial charge in [-0.05, 0) is 40.2 Å². The van der Waals surface area contributed by atoms with Gasteiger partial charge in [-0.2, -0.15) is 0 Å². The van der Waals surface area contributed by atoms with Crippen molar-refractivity contribution in [2.24, 2.45) is 0 Å². The Morgan fingerprint density at radius 3 is 2.32 bits per heavy atom. The molecule has 0 saturated heterocycles. The van der Waals surface area contributed by atoms with Gasteiger partial charge in [-0.3, -0.25) is 14.4 Å². The molecule has 0 saturated carbocycles. The summed E-state index contributed by atoms with van der Waals surface area (Å²) < 4.78 is 31.2. The van der Waals surface area contributed by atoms with Crippen molar-refractivity contribution in [3.05, 3.63) is 52.4 Å². The summed E-state index contributed by atoms with van der Waals surface area (Å²) in [7, 11) is 0. The lowest BCUT2D eigenvalue weighted by molar-refractivity contribution is -0.123. The highest BCUT2D eigenvalue weighted by atomic mass is 79.9. The summed E-state index contributed by atoms with van der Waals surface area (Å²) in [4.78, 5) is 34.9. The highest BCUT2D eigenvalue weighted by molar-refractivity contribution is 9.10. The molecule has 3 amide bonds. The Hall–Kier alpha value is -2.75. The van der Waals surface area contributed by atoms with E-state index in [0.29, 0.717) is 4.67 Å². The monoisotopic (exact) mass is 415 g/mol. The number of rotatable bonds is 6. The minimum atomic E-state index is -1.10. The van der Waals surface area contributed by atoms with Crippen LogP contribution < -0.4 is 16.0 Å². The van der Waals surface area contributed by atoms with Crippen LogP contribution in [0.1, 0.15) is 10.6 Å². The van der Waals surface area contributed by atoms with Gasteiger partial charge in [0.2, 0.25) is 11.8 Å². The first-order valence-electron chi connectivity index (χ1n) is 6.90. The second-order valence-electron chi connectivity index (χ2n) is 4.74. The fourth-order valence-electron chi connectivity index (χ4n) is 1.70. The highest BCUT2D eigenvalue weighted by Gasteiger charge is 2.12. The van der Waals surface area contributed by atoms with Gasteiger partial charge in [0.15, 0.2) is 22.1 Å². The number of hydrogen-bond donors (Lipinski definition) is 3. The topological polar surface area (TPSA) is 100 Å². The molecule has 0 atom stereocenters. The van der Waals surface area contributed by atoms with E-state index in [1.807, 2.05) is 0 Å². The molecule has 0 aliphatic rings. The molecule has 0 aliphatic carbocycles. The molecule has 0 bridgehead atoms. The van der Waals surface area contributed by atoms with Gasteiger partial charge in [0.25, 0.3) is 5.91 Å². The summed E-state index contributed by atoms with van der Waals surface area (Å²) in [5.41, 5.74) is 0.0508. The quantitative estimate of drug-likeness (QED) is 0.669. The standard InChI is InChI=1S/C15H12BrF2N3O4/c16-12-4-3-11(25-12)15(24)20-6-13(22)19-7-14(23)21-8-1-2-9(17)10(18)5-8/h1-5H,6-7H2,(H,19,22)(H,20,24)(H,21,23). The van der Waals surface area contributed by atoms with Crippen molar-refractivity contribution in [2.75, 3.05) is 18.4 Å². The molecule has 0 unspecified atom stereocenters. The first-order chi connectivity index (χ1) is 11.8. The summed E-state index contributed by atoms with van der Waals surface area (Å²) in [6.07, 6.45) is 0. The van der Waals surface area contributed by atoms with E-state index in [0.717, 1.165) is 12.1 Å². The number of furan rings is 1. The van der Waals surface area contributed by atoms with Crippen LogP contribution in [-0.2, 0) is 9.59 Å². The van der Waals surface area contributed by atoms with Crippen molar-refractivity contribution in [3.63, 3.8) is 0 Å². The third kappa shape index (κ3) is 5.68. The molecule has 2 aromatic rings. The smallest absolute Gasteiger partial charge is 0.287 e. The Morgan fingerprint density at radius 2 is 1.68 bits per heavy atom. The summed E-state index contributed by atoms with van der Waals surface area (Å²) in [6.45, 7) is -0.768. The zero-order chi connectivity index (χ0) is 18.4. The first-order valence-corrected chi connectivity index (χ1v) is 7.69. The predicted octanol–water partition coefficient (Wildman–Crippen LogP) is 1.80. The molecule has 132 valence electrons. The maximum atomic E-state index is 13.0. The van der Waals surface area contributed by atoms with Gasteiger partial charge in [-0.15, -0.1) is 0 Å². The number of hydrogen-bond acceptors (Lipinski definition) is 4. The number of carbonyl (C=O) groups excluding carboxylic acids is 3. The molecule has 0 fully saturated rings. The number of amides is 3. The zero-order valence-electron chi connectivity index (χ0n) is 12.6. The van der Waals surface area contributed by atoms with Crippen LogP contribution >= 0.6 is 15.9 Å². The molecule has 0 radical (unpaired) electrons. The summed E-state index contributed by atoms with van der Waals surface area (Å²) in [6, 6.07) is 5.81. The van der Waals surface area contributed by atoms with E-state index in [1.54, 1.807) is 0 Å². The van der Waals surface area contributed by atoms with Crippen LogP contribution in [0.3, 0.4) is 0 Å². The van der Waals surface area contributed by atoms with E-state index < -0.39 is 35.9 Å². The second-order valence-corrected chi connectivity index (χ2v) is 5.52. The average molecular weight is 416 g/mol. The maximum Gasteiger partial charge on any atom is 0.287 e. The highest BCUT2D eigenvalue weighted by Crippen LogP contribution is 2.14. The van der Waals surface area contributed by atoms with E-state index in [4.69, 9.17) is 4.42 Å². The van der Waals surface area contributed by atoms with Crippen molar-refractivity contribution < 1.29 is 27.6 Å². The molecule has 1 aromatic carbocycles. The van der Waals surface area contributed by atoms with Gasteiger partial charge in [0.1, 0.15) is 0 Å². The van der Waals surface area contributed by atoms with Crippen molar-refractivity contribution in [1.29, 1.82) is 0 Å². The predicted molar refractivity (Wildman–Crippen MR) is 86.7 cm³/mol. The first kappa shape index (κ1) is 18.6. The summed E-state index contributed by atoms with van der Waals surface area (Å²) >= 11 is 3.04. The van der Waals surface area contributed by atoms with Crippen LogP contribution in [0.5, 0.6) is 0 Å². The molecule has 25 heavy (non-hydrogen) atoms. The van der Waals surface area contributed by atoms with E-state index in [1.165, 1.54) is 18.2 Å². The van der Waals surface area contributed by atoms with Crippen LogP contribution in [-0.4, -0.2) is 30.8 Å². The van der Waals surface area contributed by atoms with Crippen LogP contribution in [0.25, 0.3) is 0 Å². The Bertz CT molecular complexity index is 810. The maximum absolute atomic E-state index is 13.0. The Labute approximate surface area is 148 Å². The minimum Gasteiger partial charge on any atom is -0.444 e. The lowest BCUT2D eigenvalue weighted by Crippen LogP contribution is -2.40. The SMILES string of the molecule is O=C(CNC(=O)c1ccc(Br)o1)NCC(=O)Nc1ccc(F)c(F)c1. The van der Waals surface area contributed by atoms with E-state index in [9.17, 15) is 23.2 Å². The normalized spacial score (nSPS) is 10.2. The molecular weight excluding hydrogens is 404 g/mol. The molecule has 7 nitrogen and oxygen atoms in total. The van der Waals surface area contributed by atoms with E-state index in [-0.39, 0.29) is 18.0 Å². The Morgan fingerprint density at radius 1 is 0.960 bits per heavy atom. The van der Waals surface area contributed by atoms with Crippen LogP contribution in [0.2, 0.25) is 0 Å². The fraction of sp³-hybridized carbons (Fsp3) is 0.133. The van der Waals surface area contributed by atoms with Crippen molar-refractivity contribution in [3.8, 4) is 0 Å². The number of benzene rings is 1. The molecular formula is C15H12BrF2N3O4. The van der Waals surface area contributed by atoms with Gasteiger partial charge in [0.05, 0.1) is 13.1 Å². The molecule has 0 aliphatic heterocycles. The molecule has 2 rings (SSSR count). The molecule has 0 spiro atoms. The van der Waals surface area contributed by atoms with Gasteiger partial charge < -0.3 is 20.4 Å². The fourth-order valence-corrected chi connectivity index (χ4v) is 2.01. The summed E-state index contributed by atoms with van der Waals surface area (Å²) in [5, 5.41) is 6.87. The van der Waals surface area contributed by atoms with E-state index in [2.05, 4.69) is 31.9 Å². The van der Waals surface area contributed by atoms with Crippen LogP contribution in [0.4, 0.5) is 14.5 Å². The van der Waals surface area contributed by atoms with Gasteiger partial charge in [-0.1, -0.05) is 0 Å². The van der Waals surface area contributed by atoms with Crippen molar-refractivity contribution in [1.82, 2.24) is 10.6 Å². The van der Waals surface area contributed by atoms with Crippen LogP contribution in [0, 0.1) is 11.6 Å². The second kappa shape index (κ2) is 8.38. The lowest BCUT2D eigenvalue weighted by atomic mass is 10.3. The average Bonchev–Trinajstić information content (AvgIpc) is 3.00. The molecule has 10 heteroatoms.